The highest BCUT2D eigenvalue weighted by Crippen LogP contribution is 2.40. The fourth-order valence-electron chi connectivity index (χ4n) is 3.21. The Hall–Kier alpha value is -1.62. The third kappa shape index (κ3) is 4.67. The minimum Gasteiger partial charge on any atom is -0.379 e. The lowest BCUT2D eigenvalue weighted by Gasteiger charge is -2.38. The predicted octanol–water partition coefficient (Wildman–Crippen LogP) is 3.91. The first kappa shape index (κ1) is 17.7. The van der Waals surface area contributed by atoms with Gasteiger partial charge in [0.2, 0.25) is 0 Å². The molecule has 1 heterocycles. The van der Waals surface area contributed by atoms with Gasteiger partial charge in [-0.25, -0.2) is 8.42 Å². The molecule has 2 rings (SSSR count). The summed E-state index contributed by atoms with van der Waals surface area (Å²) in [5, 5.41) is 4.65. The number of carbonyl (C=O) groups is 1. The maximum absolute atomic E-state index is 12.5. The maximum Gasteiger partial charge on any atom is 0.168 e. The van der Waals surface area contributed by atoms with Crippen LogP contribution in [-0.2, 0) is 9.84 Å². The number of benzene rings is 1. The van der Waals surface area contributed by atoms with Crippen LogP contribution in [0.5, 0.6) is 0 Å². The number of fused-ring (bicyclic) bond motifs is 1. The lowest BCUT2D eigenvalue weighted by molar-refractivity contribution is 0.0984. The van der Waals surface area contributed by atoms with E-state index in [1.54, 1.807) is 6.08 Å². The molecule has 0 saturated heterocycles. The Morgan fingerprint density at radius 3 is 2.74 bits per heavy atom. The number of anilines is 1. The van der Waals surface area contributed by atoms with Crippen LogP contribution >= 0.6 is 0 Å². The highest BCUT2D eigenvalue weighted by Gasteiger charge is 2.31. The van der Waals surface area contributed by atoms with Crippen molar-refractivity contribution < 1.29 is 13.2 Å². The summed E-state index contributed by atoms with van der Waals surface area (Å²) in [4.78, 5) is 12.5. The zero-order valence-electron chi connectivity index (χ0n) is 14.2. The van der Waals surface area contributed by atoms with Gasteiger partial charge in [-0.05, 0) is 44.2 Å². The molecule has 23 heavy (non-hydrogen) atoms. The fraction of sp³-hybridized carbons (Fsp3) is 0.500. The number of hydrogen-bond acceptors (Lipinski definition) is 4. The van der Waals surface area contributed by atoms with Gasteiger partial charge in [-0.1, -0.05) is 25.1 Å². The molecule has 1 aliphatic heterocycles. The zero-order chi connectivity index (χ0) is 17.3. The summed E-state index contributed by atoms with van der Waals surface area (Å²) in [5.74, 6) is 0.441. The number of para-hydroxylation sites is 1. The first-order valence-electron chi connectivity index (χ1n) is 7.90. The third-order valence-corrected chi connectivity index (χ3v) is 4.78. The van der Waals surface area contributed by atoms with E-state index in [0.29, 0.717) is 24.3 Å². The van der Waals surface area contributed by atoms with Crippen molar-refractivity contribution in [1.82, 2.24) is 0 Å². The van der Waals surface area contributed by atoms with Gasteiger partial charge in [-0.15, -0.1) is 0 Å². The van der Waals surface area contributed by atoms with E-state index in [1.807, 2.05) is 12.1 Å². The quantitative estimate of drug-likeness (QED) is 0.829. The molecule has 0 spiro atoms. The van der Waals surface area contributed by atoms with Gasteiger partial charge in [0.15, 0.2) is 15.6 Å². The van der Waals surface area contributed by atoms with E-state index in [9.17, 15) is 13.2 Å². The Balaban J connectivity index is 2.19. The maximum atomic E-state index is 12.5. The molecule has 5 heteroatoms. The van der Waals surface area contributed by atoms with Crippen molar-refractivity contribution >= 4 is 21.3 Å². The molecular weight excluding hydrogens is 310 g/mol. The number of carbonyl (C=O) groups excluding carboxylic acids is 1. The fourth-order valence-corrected chi connectivity index (χ4v) is 3.70. The predicted molar refractivity (Wildman–Crippen MR) is 94.7 cm³/mol. The van der Waals surface area contributed by atoms with E-state index in [4.69, 9.17) is 0 Å². The minimum atomic E-state index is -3.13. The number of Topliss-reactive ketones (excluding diaryl/α,β-unsaturated/α-hetero) is 1. The van der Waals surface area contributed by atoms with Gasteiger partial charge >= 0.3 is 0 Å². The van der Waals surface area contributed by atoms with E-state index in [0.717, 1.165) is 23.8 Å². The molecule has 4 nitrogen and oxygen atoms in total. The Kier molecular flexibility index (Phi) is 4.99. The molecule has 0 aromatic heterocycles. The zero-order valence-corrected chi connectivity index (χ0v) is 15.0. The summed E-state index contributed by atoms with van der Waals surface area (Å²) in [6.45, 7) is 6.47. The molecule has 0 radical (unpaired) electrons. The van der Waals surface area contributed by atoms with E-state index >= 15 is 0 Å². The van der Waals surface area contributed by atoms with Crippen LogP contribution < -0.4 is 5.32 Å². The summed E-state index contributed by atoms with van der Waals surface area (Å²) < 4.78 is 22.1. The number of ketones is 1. The molecule has 0 aliphatic carbocycles. The first-order valence-corrected chi connectivity index (χ1v) is 9.85. The Morgan fingerprint density at radius 2 is 2.09 bits per heavy atom. The first-order chi connectivity index (χ1) is 10.6. The molecule has 1 aliphatic rings. The average Bonchev–Trinajstić information content (AvgIpc) is 2.40. The van der Waals surface area contributed by atoms with E-state index in [1.165, 1.54) is 5.56 Å². The molecule has 1 unspecified atom stereocenters. The normalized spacial score (nSPS) is 20.1. The largest absolute Gasteiger partial charge is 0.379 e. The van der Waals surface area contributed by atoms with Crippen molar-refractivity contribution in [2.45, 2.75) is 51.5 Å². The number of nitrogens with one attached hydrogen (secondary N) is 1. The van der Waals surface area contributed by atoms with E-state index in [2.05, 4.69) is 32.2 Å². The van der Waals surface area contributed by atoms with Crippen LogP contribution in [-0.4, -0.2) is 26.0 Å². The minimum absolute atomic E-state index is 0.0393. The number of sulfone groups is 1. The van der Waals surface area contributed by atoms with Crippen LogP contribution in [0.4, 0.5) is 5.69 Å². The molecule has 0 amide bonds. The second-order valence-electron chi connectivity index (χ2n) is 7.05. The standard InChI is InChI=1S/C18H25NO3S/c1-13-12-18(2,3)19-17-14(13)8-7-9-15(17)16(20)10-5-6-11-23(4,21)22/h6-9,11,13,19H,5,10,12H2,1-4H3. The van der Waals surface area contributed by atoms with Gasteiger partial charge in [0.1, 0.15) is 0 Å². The molecule has 1 N–H and O–H groups in total. The molecule has 0 saturated carbocycles. The number of rotatable bonds is 5. The highest BCUT2D eigenvalue weighted by molar-refractivity contribution is 7.93. The van der Waals surface area contributed by atoms with Crippen LogP contribution in [0.25, 0.3) is 0 Å². The van der Waals surface area contributed by atoms with Gasteiger partial charge < -0.3 is 5.32 Å². The molecule has 1 aromatic carbocycles. The topological polar surface area (TPSA) is 63.2 Å². The Labute approximate surface area is 138 Å². The van der Waals surface area contributed by atoms with Crippen molar-refractivity contribution in [3.05, 3.63) is 40.8 Å². The van der Waals surface area contributed by atoms with Crippen LogP contribution in [0.1, 0.15) is 61.9 Å². The number of hydrogen-bond donors (Lipinski definition) is 1. The lowest BCUT2D eigenvalue weighted by Crippen LogP contribution is -2.37. The van der Waals surface area contributed by atoms with Crippen LogP contribution in [0.15, 0.2) is 29.7 Å². The monoisotopic (exact) mass is 335 g/mol. The molecule has 0 fully saturated rings. The molecule has 1 atom stereocenters. The van der Waals surface area contributed by atoms with Gasteiger partial charge in [0.25, 0.3) is 0 Å². The van der Waals surface area contributed by atoms with Crippen molar-refractivity contribution in [2.24, 2.45) is 0 Å². The second kappa shape index (κ2) is 6.48. The van der Waals surface area contributed by atoms with E-state index < -0.39 is 9.84 Å². The summed E-state index contributed by atoms with van der Waals surface area (Å²) in [7, 11) is -3.13. The van der Waals surface area contributed by atoms with Crippen molar-refractivity contribution in [1.29, 1.82) is 0 Å². The number of allylic oxidation sites excluding steroid dienone is 1. The molecular formula is C18H25NO3S. The van der Waals surface area contributed by atoms with Crippen LogP contribution in [0, 0.1) is 0 Å². The van der Waals surface area contributed by atoms with Crippen molar-refractivity contribution in [2.75, 3.05) is 11.6 Å². The highest BCUT2D eigenvalue weighted by atomic mass is 32.2. The van der Waals surface area contributed by atoms with Crippen molar-refractivity contribution in [3.8, 4) is 0 Å². The Morgan fingerprint density at radius 1 is 1.39 bits per heavy atom. The van der Waals surface area contributed by atoms with Gasteiger partial charge in [0.05, 0.1) is 0 Å². The Bertz CT molecular complexity index is 733. The molecule has 0 bridgehead atoms. The average molecular weight is 335 g/mol. The van der Waals surface area contributed by atoms with Gasteiger partial charge in [0, 0.05) is 34.9 Å². The molecule has 1 aromatic rings. The summed E-state index contributed by atoms with van der Waals surface area (Å²) in [5.41, 5.74) is 2.78. The third-order valence-electron chi connectivity index (χ3n) is 4.09. The second-order valence-corrected chi connectivity index (χ2v) is 8.98. The van der Waals surface area contributed by atoms with Crippen LogP contribution in [0.2, 0.25) is 0 Å². The summed E-state index contributed by atoms with van der Waals surface area (Å²) in [6.07, 6.45) is 4.44. The van der Waals surface area contributed by atoms with Gasteiger partial charge in [-0.2, -0.15) is 0 Å². The van der Waals surface area contributed by atoms with Gasteiger partial charge in [-0.3, -0.25) is 4.79 Å². The summed E-state index contributed by atoms with van der Waals surface area (Å²) in [6, 6.07) is 5.85. The van der Waals surface area contributed by atoms with Crippen LogP contribution in [0.3, 0.4) is 0 Å². The lowest BCUT2D eigenvalue weighted by atomic mass is 9.80. The SMILES string of the molecule is CC1CC(C)(C)Nc2c(C(=O)CCC=CS(C)(=O)=O)cccc21. The molecule has 126 valence electrons. The van der Waals surface area contributed by atoms with E-state index in [-0.39, 0.29) is 11.3 Å². The summed E-state index contributed by atoms with van der Waals surface area (Å²) >= 11 is 0. The smallest absolute Gasteiger partial charge is 0.168 e. The van der Waals surface area contributed by atoms with Crippen molar-refractivity contribution in [3.63, 3.8) is 0 Å².